The first-order chi connectivity index (χ1) is 10.5. The second-order valence-corrected chi connectivity index (χ2v) is 5.51. The van der Waals surface area contributed by atoms with E-state index in [1.54, 1.807) is 16.9 Å². The monoisotopic (exact) mass is 296 g/mol. The van der Waals surface area contributed by atoms with Crippen molar-refractivity contribution >= 4 is 0 Å². The van der Waals surface area contributed by atoms with Crippen molar-refractivity contribution in [1.29, 1.82) is 0 Å². The number of aryl methyl sites for hydroxylation is 1. The van der Waals surface area contributed by atoms with Crippen molar-refractivity contribution in [3.05, 3.63) is 60.1 Å². The van der Waals surface area contributed by atoms with Crippen molar-refractivity contribution in [2.75, 3.05) is 0 Å². The number of rotatable bonds is 3. The van der Waals surface area contributed by atoms with E-state index in [2.05, 4.69) is 28.9 Å². The van der Waals surface area contributed by atoms with Crippen LogP contribution >= 0.6 is 0 Å². The Morgan fingerprint density at radius 3 is 2.73 bits per heavy atom. The number of hydrogen-bond donors (Lipinski definition) is 0. The highest BCUT2D eigenvalue weighted by atomic mass is 19.1. The van der Waals surface area contributed by atoms with Gasteiger partial charge in [0.2, 0.25) is 0 Å². The fourth-order valence-electron chi connectivity index (χ4n) is 2.26. The van der Waals surface area contributed by atoms with Gasteiger partial charge in [-0.1, -0.05) is 19.9 Å². The third-order valence-corrected chi connectivity index (χ3v) is 3.44. The van der Waals surface area contributed by atoms with Gasteiger partial charge in [-0.15, -0.1) is 0 Å². The van der Waals surface area contributed by atoms with Crippen molar-refractivity contribution in [3.8, 4) is 16.9 Å². The van der Waals surface area contributed by atoms with E-state index in [4.69, 9.17) is 0 Å². The molecule has 0 bridgehead atoms. The van der Waals surface area contributed by atoms with E-state index in [0.717, 1.165) is 22.8 Å². The van der Waals surface area contributed by atoms with Crippen molar-refractivity contribution in [2.45, 2.75) is 26.7 Å². The third kappa shape index (κ3) is 2.74. The number of aromatic nitrogens is 4. The quantitative estimate of drug-likeness (QED) is 0.736. The molecule has 0 saturated heterocycles. The lowest BCUT2D eigenvalue weighted by Gasteiger charge is -2.05. The van der Waals surface area contributed by atoms with Crippen LogP contribution in [0.25, 0.3) is 16.9 Å². The molecular formula is C17H17FN4. The molecule has 0 N–H and O–H groups in total. The summed E-state index contributed by atoms with van der Waals surface area (Å²) in [4.78, 5) is 8.87. The van der Waals surface area contributed by atoms with Crippen molar-refractivity contribution in [3.63, 3.8) is 0 Å². The van der Waals surface area contributed by atoms with Crippen molar-refractivity contribution < 1.29 is 4.39 Å². The lowest BCUT2D eigenvalue weighted by molar-refractivity contribution is 0.625. The minimum absolute atomic E-state index is 0.263. The molecule has 0 fully saturated rings. The molecule has 112 valence electrons. The van der Waals surface area contributed by atoms with E-state index in [9.17, 15) is 4.39 Å². The summed E-state index contributed by atoms with van der Waals surface area (Å²) in [6, 6.07) is 8.23. The summed E-state index contributed by atoms with van der Waals surface area (Å²) in [6.07, 6.45) is 3.63. The fourth-order valence-corrected chi connectivity index (χ4v) is 2.26. The predicted molar refractivity (Wildman–Crippen MR) is 83.4 cm³/mol. The van der Waals surface area contributed by atoms with Crippen LogP contribution in [0.15, 0.2) is 42.7 Å². The van der Waals surface area contributed by atoms with Crippen LogP contribution in [0.5, 0.6) is 0 Å². The summed E-state index contributed by atoms with van der Waals surface area (Å²) in [6.45, 7) is 6.03. The molecule has 0 unspecified atom stereocenters. The summed E-state index contributed by atoms with van der Waals surface area (Å²) in [5.41, 5.74) is 3.29. The third-order valence-electron chi connectivity index (χ3n) is 3.44. The standard InChI is InChI=1S/C17H17FN4/c1-11(2)17-19-8-7-16(20-17)15-10-22(21-12(15)3)14-6-4-5-13(18)9-14/h4-11H,1-3H3. The average Bonchev–Trinajstić information content (AvgIpc) is 2.89. The van der Waals surface area contributed by atoms with Gasteiger partial charge in [-0.3, -0.25) is 0 Å². The normalized spacial score (nSPS) is 11.1. The molecule has 22 heavy (non-hydrogen) atoms. The van der Waals surface area contributed by atoms with Gasteiger partial charge in [-0.25, -0.2) is 19.0 Å². The van der Waals surface area contributed by atoms with Gasteiger partial charge in [0.25, 0.3) is 0 Å². The number of nitrogens with zero attached hydrogens (tertiary/aromatic N) is 4. The Morgan fingerprint density at radius 1 is 1.18 bits per heavy atom. The van der Waals surface area contributed by atoms with Crippen LogP contribution < -0.4 is 0 Å². The van der Waals surface area contributed by atoms with Gasteiger partial charge in [0, 0.05) is 23.9 Å². The second-order valence-electron chi connectivity index (χ2n) is 5.51. The summed E-state index contributed by atoms with van der Waals surface area (Å²) >= 11 is 0. The Bertz CT molecular complexity index is 808. The van der Waals surface area contributed by atoms with Crippen LogP contribution in [0.2, 0.25) is 0 Å². The molecule has 0 spiro atoms. The van der Waals surface area contributed by atoms with Crippen LogP contribution in [0.3, 0.4) is 0 Å². The fraction of sp³-hybridized carbons (Fsp3) is 0.235. The van der Waals surface area contributed by atoms with Gasteiger partial charge in [-0.2, -0.15) is 5.10 Å². The molecule has 0 atom stereocenters. The molecule has 1 aromatic carbocycles. The first kappa shape index (κ1) is 14.4. The Balaban J connectivity index is 2.04. The lowest BCUT2D eigenvalue weighted by atomic mass is 10.1. The van der Waals surface area contributed by atoms with Gasteiger partial charge in [0.05, 0.1) is 17.1 Å². The van der Waals surface area contributed by atoms with Gasteiger partial charge in [0.1, 0.15) is 11.6 Å². The molecule has 5 heteroatoms. The molecule has 0 aliphatic rings. The van der Waals surface area contributed by atoms with E-state index >= 15 is 0 Å². The smallest absolute Gasteiger partial charge is 0.131 e. The highest BCUT2D eigenvalue weighted by Gasteiger charge is 2.12. The second kappa shape index (κ2) is 5.67. The molecule has 0 saturated carbocycles. The Hall–Kier alpha value is -2.56. The van der Waals surface area contributed by atoms with Crippen LogP contribution in [0, 0.1) is 12.7 Å². The van der Waals surface area contributed by atoms with Crippen LogP contribution in [0.4, 0.5) is 4.39 Å². The van der Waals surface area contributed by atoms with E-state index in [0.29, 0.717) is 5.69 Å². The minimum Gasteiger partial charge on any atom is -0.241 e. The molecule has 3 rings (SSSR count). The van der Waals surface area contributed by atoms with Crippen molar-refractivity contribution in [1.82, 2.24) is 19.7 Å². The predicted octanol–water partition coefficient (Wildman–Crippen LogP) is 3.90. The zero-order chi connectivity index (χ0) is 15.7. The molecule has 2 aromatic heterocycles. The number of hydrogen-bond acceptors (Lipinski definition) is 3. The summed E-state index contributed by atoms with van der Waals surface area (Å²) in [5, 5.41) is 4.46. The Labute approximate surface area is 128 Å². The van der Waals surface area contributed by atoms with Gasteiger partial charge < -0.3 is 0 Å². The van der Waals surface area contributed by atoms with E-state index < -0.39 is 0 Å². The first-order valence-corrected chi connectivity index (χ1v) is 7.20. The molecular weight excluding hydrogens is 279 g/mol. The van der Waals surface area contributed by atoms with Crippen LogP contribution in [0.1, 0.15) is 31.3 Å². The van der Waals surface area contributed by atoms with E-state index in [-0.39, 0.29) is 11.7 Å². The largest absolute Gasteiger partial charge is 0.241 e. The molecule has 0 aliphatic heterocycles. The molecule has 0 amide bonds. The van der Waals surface area contributed by atoms with E-state index in [1.165, 1.54) is 12.1 Å². The maximum absolute atomic E-state index is 13.4. The highest BCUT2D eigenvalue weighted by molar-refractivity contribution is 5.61. The molecule has 4 nitrogen and oxygen atoms in total. The lowest BCUT2D eigenvalue weighted by Crippen LogP contribution is -1.98. The van der Waals surface area contributed by atoms with Crippen LogP contribution in [-0.2, 0) is 0 Å². The molecule has 3 aromatic rings. The zero-order valence-corrected chi connectivity index (χ0v) is 12.8. The topological polar surface area (TPSA) is 43.6 Å². The summed E-state index contributed by atoms with van der Waals surface area (Å²) in [5.74, 6) is 0.783. The number of benzene rings is 1. The highest BCUT2D eigenvalue weighted by Crippen LogP contribution is 2.23. The van der Waals surface area contributed by atoms with Gasteiger partial charge in [-0.05, 0) is 31.2 Å². The Morgan fingerprint density at radius 2 is 2.00 bits per heavy atom. The van der Waals surface area contributed by atoms with E-state index in [1.807, 2.05) is 25.3 Å². The van der Waals surface area contributed by atoms with Crippen molar-refractivity contribution in [2.24, 2.45) is 0 Å². The minimum atomic E-state index is -0.281. The molecule has 0 radical (unpaired) electrons. The molecule has 2 heterocycles. The maximum Gasteiger partial charge on any atom is 0.131 e. The molecule has 0 aliphatic carbocycles. The first-order valence-electron chi connectivity index (χ1n) is 7.20. The number of halogens is 1. The summed E-state index contributed by atoms with van der Waals surface area (Å²) in [7, 11) is 0. The van der Waals surface area contributed by atoms with Gasteiger partial charge >= 0.3 is 0 Å². The maximum atomic E-state index is 13.4. The van der Waals surface area contributed by atoms with Gasteiger partial charge in [0.15, 0.2) is 0 Å². The van der Waals surface area contributed by atoms with Crippen LogP contribution in [-0.4, -0.2) is 19.7 Å². The SMILES string of the molecule is Cc1nn(-c2cccc(F)c2)cc1-c1ccnc(C(C)C)n1. The average molecular weight is 296 g/mol. The summed E-state index contributed by atoms with van der Waals surface area (Å²) < 4.78 is 15.0. The zero-order valence-electron chi connectivity index (χ0n) is 12.8. The Kier molecular flexibility index (Phi) is 3.71.